The first-order valence-corrected chi connectivity index (χ1v) is 7.49. The van der Waals surface area contributed by atoms with E-state index in [9.17, 15) is 9.59 Å². The molecule has 1 aromatic heterocycles. The number of thiol groups is 1. The lowest BCUT2D eigenvalue weighted by atomic mass is 10.2. The van der Waals surface area contributed by atoms with Crippen molar-refractivity contribution in [1.29, 1.82) is 0 Å². The molecule has 0 aliphatic rings. The number of nitrogens with two attached hydrogens (primary N) is 1. The second kappa shape index (κ2) is 8.11. The molecule has 1 aromatic carbocycles. The Hall–Kier alpha value is -2.87. The standard InChI is InChI=1S/C16H16N4O3S/c17-14(11-3-1-2-4-13(11)24)18-7-8-19-15(21)12-6-5-10(9-20-12)16(22)23/h1-6,9,24H,7-8H2,(H2,17,18)(H,19,21)(H,22,23). The van der Waals surface area contributed by atoms with Crippen LogP contribution in [0.25, 0.3) is 0 Å². The second-order valence-corrected chi connectivity index (χ2v) is 5.26. The molecule has 0 aliphatic carbocycles. The molecule has 24 heavy (non-hydrogen) atoms. The van der Waals surface area contributed by atoms with Gasteiger partial charge < -0.3 is 16.2 Å². The van der Waals surface area contributed by atoms with E-state index >= 15 is 0 Å². The SMILES string of the molecule is NC(=NCCNC(=O)c1ccc(C(=O)O)cn1)c1ccccc1S. The number of amidine groups is 1. The van der Waals surface area contributed by atoms with E-state index in [-0.39, 0.29) is 17.8 Å². The van der Waals surface area contributed by atoms with E-state index in [4.69, 9.17) is 10.8 Å². The summed E-state index contributed by atoms with van der Waals surface area (Å²) < 4.78 is 0. The van der Waals surface area contributed by atoms with Crippen LogP contribution >= 0.6 is 12.6 Å². The number of aliphatic imine (C=N–C) groups is 1. The van der Waals surface area contributed by atoms with Crippen LogP contribution in [0.5, 0.6) is 0 Å². The van der Waals surface area contributed by atoms with Gasteiger partial charge in [0.2, 0.25) is 0 Å². The second-order valence-electron chi connectivity index (χ2n) is 4.78. The number of rotatable bonds is 6. The summed E-state index contributed by atoms with van der Waals surface area (Å²) >= 11 is 4.30. The molecule has 0 saturated carbocycles. The molecule has 0 spiro atoms. The molecular weight excluding hydrogens is 328 g/mol. The van der Waals surface area contributed by atoms with Gasteiger partial charge in [0.25, 0.3) is 5.91 Å². The Balaban J connectivity index is 1.87. The smallest absolute Gasteiger partial charge is 0.337 e. The van der Waals surface area contributed by atoms with Gasteiger partial charge in [-0.3, -0.25) is 14.8 Å². The van der Waals surface area contributed by atoms with Crippen molar-refractivity contribution < 1.29 is 14.7 Å². The summed E-state index contributed by atoms with van der Waals surface area (Å²) in [5.74, 6) is -1.15. The molecule has 2 aromatic rings. The Morgan fingerprint density at radius 3 is 2.62 bits per heavy atom. The fourth-order valence-corrected chi connectivity index (χ4v) is 2.14. The monoisotopic (exact) mass is 344 g/mol. The minimum atomic E-state index is -1.09. The minimum Gasteiger partial charge on any atom is -0.478 e. The molecule has 124 valence electrons. The molecular formula is C16H16N4O3S. The van der Waals surface area contributed by atoms with E-state index in [1.165, 1.54) is 12.1 Å². The molecule has 0 aliphatic heterocycles. The molecule has 4 N–H and O–H groups in total. The van der Waals surface area contributed by atoms with Crippen molar-refractivity contribution in [3.05, 3.63) is 59.4 Å². The van der Waals surface area contributed by atoms with Crippen LogP contribution in [0.2, 0.25) is 0 Å². The number of carboxylic acids is 1. The number of aromatic carboxylic acids is 1. The van der Waals surface area contributed by atoms with Gasteiger partial charge in [-0.25, -0.2) is 4.79 Å². The van der Waals surface area contributed by atoms with Gasteiger partial charge in [-0.2, -0.15) is 0 Å². The molecule has 0 saturated heterocycles. The summed E-state index contributed by atoms with van der Waals surface area (Å²) in [5.41, 5.74) is 6.78. The normalized spacial score (nSPS) is 11.1. The maximum absolute atomic E-state index is 11.9. The van der Waals surface area contributed by atoms with Gasteiger partial charge in [0.1, 0.15) is 11.5 Å². The third kappa shape index (κ3) is 4.56. The van der Waals surface area contributed by atoms with Crippen molar-refractivity contribution in [3.63, 3.8) is 0 Å². The minimum absolute atomic E-state index is 0.0225. The van der Waals surface area contributed by atoms with E-state index < -0.39 is 11.9 Å². The molecule has 7 nitrogen and oxygen atoms in total. The fraction of sp³-hybridized carbons (Fsp3) is 0.125. The predicted octanol–water partition coefficient (Wildman–Crippen LogP) is 1.20. The first-order chi connectivity index (χ1) is 11.5. The predicted molar refractivity (Wildman–Crippen MR) is 92.8 cm³/mol. The molecule has 2 rings (SSSR count). The number of nitrogens with zero attached hydrogens (tertiary/aromatic N) is 2. The van der Waals surface area contributed by atoms with Gasteiger partial charge in [-0.15, -0.1) is 12.6 Å². The van der Waals surface area contributed by atoms with Gasteiger partial charge >= 0.3 is 5.97 Å². The van der Waals surface area contributed by atoms with Crippen LogP contribution in [0.15, 0.2) is 52.5 Å². The zero-order chi connectivity index (χ0) is 17.5. The fourth-order valence-electron chi connectivity index (χ4n) is 1.87. The number of benzene rings is 1. The lowest BCUT2D eigenvalue weighted by molar-refractivity contribution is 0.0695. The van der Waals surface area contributed by atoms with E-state index in [1.807, 2.05) is 24.3 Å². The first kappa shape index (κ1) is 17.5. The van der Waals surface area contributed by atoms with Crippen molar-refractivity contribution >= 4 is 30.3 Å². The van der Waals surface area contributed by atoms with Crippen molar-refractivity contribution in [2.45, 2.75) is 4.90 Å². The quantitative estimate of drug-likeness (QED) is 0.272. The lowest BCUT2D eigenvalue weighted by Gasteiger charge is -2.05. The highest BCUT2D eigenvalue weighted by Gasteiger charge is 2.09. The maximum atomic E-state index is 11.9. The Labute approximate surface area is 144 Å². The highest BCUT2D eigenvalue weighted by molar-refractivity contribution is 7.80. The van der Waals surface area contributed by atoms with Gasteiger partial charge in [0, 0.05) is 23.2 Å². The number of hydrogen-bond donors (Lipinski definition) is 4. The molecule has 1 heterocycles. The van der Waals surface area contributed by atoms with Gasteiger partial charge in [0.15, 0.2) is 0 Å². The summed E-state index contributed by atoms with van der Waals surface area (Å²) in [7, 11) is 0. The first-order valence-electron chi connectivity index (χ1n) is 7.05. The number of aromatic nitrogens is 1. The van der Waals surface area contributed by atoms with Crippen molar-refractivity contribution in [1.82, 2.24) is 10.3 Å². The maximum Gasteiger partial charge on any atom is 0.337 e. The van der Waals surface area contributed by atoms with Crippen molar-refractivity contribution in [3.8, 4) is 0 Å². The van der Waals surface area contributed by atoms with Crippen LogP contribution in [0.3, 0.4) is 0 Å². The molecule has 0 atom stereocenters. The summed E-state index contributed by atoms with van der Waals surface area (Å²) in [4.78, 5) is 31.3. The zero-order valence-corrected chi connectivity index (χ0v) is 13.5. The average Bonchev–Trinajstić information content (AvgIpc) is 2.58. The summed E-state index contributed by atoms with van der Waals surface area (Å²) in [6, 6.07) is 9.99. The largest absolute Gasteiger partial charge is 0.478 e. The molecule has 1 amide bonds. The number of nitrogens with one attached hydrogen (secondary N) is 1. The summed E-state index contributed by atoms with van der Waals surface area (Å²) in [6.07, 6.45) is 1.14. The number of carbonyl (C=O) groups excluding carboxylic acids is 1. The van der Waals surface area contributed by atoms with Gasteiger partial charge in [-0.05, 0) is 18.2 Å². The Bertz CT molecular complexity index is 775. The van der Waals surface area contributed by atoms with E-state index in [2.05, 4.69) is 27.9 Å². The number of hydrogen-bond acceptors (Lipinski definition) is 5. The Morgan fingerprint density at radius 1 is 1.25 bits per heavy atom. The topological polar surface area (TPSA) is 118 Å². The van der Waals surface area contributed by atoms with Crippen molar-refractivity contribution in [2.75, 3.05) is 13.1 Å². The highest BCUT2D eigenvalue weighted by atomic mass is 32.1. The zero-order valence-electron chi connectivity index (χ0n) is 12.6. The lowest BCUT2D eigenvalue weighted by Crippen LogP contribution is -2.27. The van der Waals surface area contributed by atoms with Crippen LogP contribution in [0.4, 0.5) is 0 Å². The van der Waals surface area contributed by atoms with Crippen LogP contribution in [-0.2, 0) is 0 Å². The summed E-state index contributed by atoms with van der Waals surface area (Å²) in [5, 5.41) is 11.4. The van der Waals surface area contributed by atoms with Gasteiger partial charge in [0.05, 0.1) is 12.1 Å². The third-order valence-corrected chi connectivity index (χ3v) is 3.49. The Kier molecular flexibility index (Phi) is 5.91. The van der Waals surface area contributed by atoms with E-state index in [0.717, 1.165) is 16.7 Å². The molecule has 0 unspecified atom stereocenters. The molecule has 0 fully saturated rings. The van der Waals surface area contributed by atoms with Crippen LogP contribution in [-0.4, -0.2) is 40.9 Å². The molecule has 0 bridgehead atoms. The highest BCUT2D eigenvalue weighted by Crippen LogP contribution is 2.12. The molecule has 8 heteroatoms. The van der Waals surface area contributed by atoms with Gasteiger partial charge in [-0.1, -0.05) is 18.2 Å². The number of pyridine rings is 1. The van der Waals surface area contributed by atoms with E-state index in [0.29, 0.717) is 12.4 Å². The third-order valence-electron chi connectivity index (χ3n) is 3.10. The van der Waals surface area contributed by atoms with E-state index in [1.54, 1.807) is 0 Å². The number of amides is 1. The van der Waals surface area contributed by atoms with Crippen LogP contribution < -0.4 is 11.1 Å². The average molecular weight is 344 g/mol. The number of carboxylic acid groups (broad SMARTS) is 1. The molecule has 0 radical (unpaired) electrons. The van der Waals surface area contributed by atoms with Crippen LogP contribution in [0, 0.1) is 0 Å². The number of carbonyl (C=O) groups is 2. The summed E-state index contributed by atoms with van der Waals surface area (Å²) in [6.45, 7) is 0.573. The van der Waals surface area contributed by atoms with Crippen LogP contribution in [0.1, 0.15) is 26.4 Å². The Morgan fingerprint density at radius 2 is 2.00 bits per heavy atom. The van der Waals surface area contributed by atoms with Crippen molar-refractivity contribution in [2.24, 2.45) is 10.7 Å².